The molecule has 0 unspecified atom stereocenters. The lowest BCUT2D eigenvalue weighted by atomic mass is 10.2. The van der Waals surface area contributed by atoms with Crippen LogP contribution in [-0.2, 0) is 6.54 Å². The van der Waals surface area contributed by atoms with Gasteiger partial charge in [-0.05, 0) is 31.5 Å². The summed E-state index contributed by atoms with van der Waals surface area (Å²) in [5, 5.41) is 5.57. The molecular weight excluding hydrogens is 245 g/mol. The molecule has 0 aliphatic carbocycles. The molecule has 0 aliphatic heterocycles. The van der Waals surface area contributed by atoms with Gasteiger partial charge in [-0.15, -0.1) is 0 Å². The van der Waals surface area contributed by atoms with E-state index in [9.17, 15) is 0 Å². The van der Waals surface area contributed by atoms with Gasteiger partial charge in [0, 0.05) is 6.20 Å². The summed E-state index contributed by atoms with van der Waals surface area (Å²) < 4.78 is 1.86. The van der Waals surface area contributed by atoms with Gasteiger partial charge in [-0.1, -0.05) is 23.2 Å². The van der Waals surface area contributed by atoms with Crippen LogP contribution in [0.5, 0.6) is 0 Å². The second-order valence-electron chi connectivity index (χ2n) is 3.63. The summed E-state index contributed by atoms with van der Waals surface area (Å²) in [7, 11) is 0. The maximum Gasteiger partial charge on any atom is 0.129 e. The monoisotopic (exact) mass is 255 g/mol. The largest absolute Gasteiger partial charge is 0.264 e. The molecule has 0 radical (unpaired) electrons. The zero-order valence-electron chi connectivity index (χ0n) is 9.04. The molecule has 0 aliphatic rings. The molecule has 0 atom stereocenters. The Kier molecular flexibility index (Phi) is 3.17. The van der Waals surface area contributed by atoms with Crippen LogP contribution in [0, 0.1) is 13.8 Å². The molecule has 0 N–H and O–H groups in total. The van der Waals surface area contributed by atoms with Crippen molar-refractivity contribution in [1.29, 1.82) is 0 Å². The summed E-state index contributed by atoms with van der Waals surface area (Å²) in [6.07, 6.45) is 1.69. The maximum absolute atomic E-state index is 6.07. The molecule has 5 heteroatoms. The Balaban J connectivity index is 2.30. The molecule has 0 aromatic carbocycles. The van der Waals surface area contributed by atoms with Crippen LogP contribution in [0.15, 0.2) is 18.3 Å². The summed E-state index contributed by atoms with van der Waals surface area (Å²) in [6.45, 7) is 4.50. The number of rotatable bonds is 2. The van der Waals surface area contributed by atoms with E-state index in [0.717, 1.165) is 22.0 Å². The first kappa shape index (κ1) is 11.4. The summed E-state index contributed by atoms with van der Waals surface area (Å²) in [4.78, 5) is 3.94. The van der Waals surface area contributed by atoms with Crippen LogP contribution in [0.4, 0.5) is 0 Å². The van der Waals surface area contributed by atoms with Gasteiger partial charge in [0.15, 0.2) is 0 Å². The number of aryl methyl sites for hydroxylation is 1. The predicted molar refractivity (Wildman–Crippen MR) is 65.1 cm³/mol. The van der Waals surface area contributed by atoms with E-state index in [0.29, 0.717) is 11.7 Å². The second-order valence-corrected chi connectivity index (χ2v) is 4.39. The number of nitrogens with zero attached hydrogens (tertiary/aromatic N) is 3. The van der Waals surface area contributed by atoms with Crippen LogP contribution in [0.2, 0.25) is 10.2 Å². The summed E-state index contributed by atoms with van der Waals surface area (Å²) in [6, 6.07) is 3.74. The third-order valence-electron chi connectivity index (χ3n) is 2.42. The predicted octanol–water partition coefficient (Wildman–Crippen LogP) is 3.25. The fourth-order valence-electron chi connectivity index (χ4n) is 1.54. The van der Waals surface area contributed by atoms with Gasteiger partial charge in [-0.25, -0.2) is 4.98 Å². The van der Waals surface area contributed by atoms with Gasteiger partial charge in [0.05, 0.1) is 23.0 Å². The van der Waals surface area contributed by atoms with Gasteiger partial charge < -0.3 is 0 Å². The molecule has 84 valence electrons. The molecule has 2 aromatic rings. The highest BCUT2D eigenvalue weighted by Crippen LogP contribution is 2.20. The average molecular weight is 256 g/mol. The molecule has 2 aromatic heterocycles. The van der Waals surface area contributed by atoms with Crippen LogP contribution in [0.3, 0.4) is 0 Å². The van der Waals surface area contributed by atoms with Crippen molar-refractivity contribution in [1.82, 2.24) is 14.8 Å². The van der Waals surface area contributed by atoms with Crippen LogP contribution in [0.25, 0.3) is 0 Å². The van der Waals surface area contributed by atoms with E-state index in [1.54, 1.807) is 6.20 Å². The molecule has 0 spiro atoms. The molecule has 2 rings (SSSR count). The normalized spacial score (nSPS) is 10.8. The molecule has 0 saturated carbocycles. The Hall–Kier alpha value is -1.06. The second kappa shape index (κ2) is 4.44. The molecule has 0 saturated heterocycles. The first-order chi connectivity index (χ1) is 7.58. The van der Waals surface area contributed by atoms with Gasteiger partial charge >= 0.3 is 0 Å². The standard InChI is InChI=1S/C11H11Cl2N3/c1-7-11(13)8(2)16(15-7)6-9-3-4-14-10(12)5-9/h3-5H,6H2,1-2H3. The van der Waals surface area contributed by atoms with Crippen molar-refractivity contribution >= 4 is 23.2 Å². The Morgan fingerprint density at radius 2 is 2.06 bits per heavy atom. The smallest absolute Gasteiger partial charge is 0.129 e. The quantitative estimate of drug-likeness (QED) is 0.772. The Bertz CT molecular complexity index is 520. The average Bonchev–Trinajstić information content (AvgIpc) is 2.47. The lowest BCUT2D eigenvalue weighted by molar-refractivity contribution is 0.658. The topological polar surface area (TPSA) is 30.7 Å². The van der Waals surface area contributed by atoms with E-state index in [4.69, 9.17) is 23.2 Å². The van der Waals surface area contributed by atoms with Crippen LogP contribution < -0.4 is 0 Å². The van der Waals surface area contributed by atoms with E-state index in [-0.39, 0.29) is 0 Å². The van der Waals surface area contributed by atoms with E-state index < -0.39 is 0 Å². The first-order valence-electron chi connectivity index (χ1n) is 4.88. The highest BCUT2D eigenvalue weighted by atomic mass is 35.5. The van der Waals surface area contributed by atoms with Crippen molar-refractivity contribution < 1.29 is 0 Å². The van der Waals surface area contributed by atoms with Gasteiger partial charge in [0.1, 0.15) is 5.15 Å². The van der Waals surface area contributed by atoms with Crippen LogP contribution >= 0.6 is 23.2 Å². The Morgan fingerprint density at radius 3 is 2.62 bits per heavy atom. The number of hydrogen-bond acceptors (Lipinski definition) is 2. The molecule has 3 nitrogen and oxygen atoms in total. The lowest BCUT2D eigenvalue weighted by Gasteiger charge is -2.04. The molecule has 0 fully saturated rings. The third kappa shape index (κ3) is 2.20. The van der Waals surface area contributed by atoms with Crippen molar-refractivity contribution in [2.45, 2.75) is 20.4 Å². The van der Waals surface area contributed by atoms with Crippen LogP contribution in [0.1, 0.15) is 17.0 Å². The summed E-state index contributed by atoms with van der Waals surface area (Å²) in [5.41, 5.74) is 2.87. The maximum atomic E-state index is 6.07. The molecule has 0 amide bonds. The van der Waals surface area contributed by atoms with Crippen molar-refractivity contribution in [2.24, 2.45) is 0 Å². The van der Waals surface area contributed by atoms with Crippen molar-refractivity contribution in [3.63, 3.8) is 0 Å². The summed E-state index contributed by atoms with van der Waals surface area (Å²) in [5.74, 6) is 0. The van der Waals surface area contributed by atoms with Gasteiger partial charge in [0.25, 0.3) is 0 Å². The zero-order valence-corrected chi connectivity index (χ0v) is 10.5. The fraction of sp³-hybridized carbons (Fsp3) is 0.273. The van der Waals surface area contributed by atoms with E-state index in [2.05, 4.69) is 10.1 Å². The fourth-order valence-corrected chi connectivity index (χ4v) is 1.87. The molecule has 2 heterocycles. The van der Waals surface area contributed by atoms with E-state index in [1.807, 2.05) is 30.7 Å². The van der Waals surface area contributed by atoms with Crippen molar-refractivity contribution in [3.05, 3.63) is 45.5 Å². The summed E-state index contributed by atoms with van der Waals surface area (Å²) >= 11 is 11.9. The number of halogens is 2. The minimum atomic E-state index is 0.491. The minimum absolute atomic E-state index is 0.491. The minimum Gasteiger partial charge on any atom is -0.264 e. The van der Waals surface area contributed by atoms with E-state index in [1.165, 1.54) is 0 Å². The van der Waals surface area contributed by atoms with Crippen LogP contribution in [-0.4, -0.2) is 14.8 Å². The Morgan fingerprint density at radius 1 is 1.31 bits per heavy atom. The zero-order chi connectivity index (χ0) is 11.7. The number of hydrogen-bond donors (Lipinski definition) is 0. The van der Waals surface area contributed by atoms with Gasteiger partial charge in [-0.2, -0.15) is 5.10 Å². The molecule has 0 bridgehead atoms. The molecule has 16 heavy (non-hydrogen) atoms. The highest BCUT2D eigenvalue weighted by molar-refractivity contribution is 6.31. The number of pyridine rings is 1. The first-order valence-corrected chi connectivity index (χ1v) is 5.63. The third-order valence-corrected chi connectivity index (χ3v) is 3.17. The van der Waals surface area contributed by atoms with Gasteiger partial charge in [0.2, 0.25) is 0 Å². The highest BCUT2D eigenvalue weighted by Gasteiger charge is 2.09. The van der Waals surface area contributed by atoms with Crippen molar-refractivity contribution in [2.75, 3.05) is 0 Å². The Labute approximate surface area is 104 Å². The van der Waals surface area contributed by atoms with Gasteiger partial charge in [-0.3, -0.25) is 4.68 Å². The van der Waals surface area contributed by atoms with E-state index >= 15 is 0 Å². The lowest BCUT2D eigenvalue weighted by Crippen LogP contribution is -2.04. The molecular formula is C11H11Cl2N3. The van der Waals surface area contributed by atoms with Crippen molar-refractivity contribution in [3.8, 4) is 0 Å². The SMILES string of the molecule is Cc1nn(Cc2ccnc(Cl)c2)c(C)c1Cl. The number of aromatic nitrogens is 3.